The lowest BCUT2D eigenvalue weighted by atomic mass is 10.0. The number of carbonyl (C=O) groups excluding carboxylic acids is 4. The fourth-order valence-corrected chi connectivity index (χ4v) is 5.14. The maximum absolute atomic E-state index is 12.5. The van der Waals surface area contributed by atoms with Gasteiger partial charge in [0, 0.05) is 30.6 Å². The average Bonchev–Trinajstić information content (AvgIpc) is 2.99. The van der Waals surface area contributed by atoms with Crippen LogP contribution in [0.4, 0.5) is 5.69 Å². The molecule has 0 heterocycles. The summed E-state index contributed by atoms with van der Waals surface area (Å²) in [5, 5.41) is 8.43. The summed E-state index contributed by atoms with van der Waals surface area (Å²) in [6.45, 7) is 2.73. The first-order valence-electron chi connectivity index (χ1n) is 16.0. The third-order valence-corrected chi connectivity index (χ3v) is 7.89. The van der Waals surface area contributed by atoms with Gasteiger partial charge in [-0.15, -0.1) is 0 Å². The van der Waals surface area contributed by atoms with E-state index >= 15 is 0 Å². The van der Waals surface area contributed by atoms with E-state index in [1.165, 1.54) is 77.7 Å². The van der Waals surface area contributed by atoms with Crippen molar-refractivity contribution in [2.24, 2.45) is 0 Å². The Balaban J connectivity index is 2.12. The van der Waals surface area contributed by atoms with E-state index in [1.807, 2.05) is 6.26 Å². The van der Waals surface area contributed by atoms with Crippen molar-refractivity contribution in [1.82, 2.24) is 10.6 Å². The SMILES string of the molecule is CCCCCCCCCCCCCCCC(=O)NCCCC(=O)Nc1ccc(C(=O)N[C@@H](CCSC)C(=O)OC)cc1. The van der Waals surface area contributed by atoms with Gasteiger partial charge in [-0.3, -0.25) is 14.4 Å². The van der Waals surface area contributed by atoms with E-state index in [9.17, 15) is 19.2 Å². The summed E-state index contributed by atoms with van der Waals surface area (Å²) in [6, 6.07) is 5.80. The van der Waals surface area contributed by atoms with E-state index in [-0.39, 0.29) is 24.1 Å². The lowest BCUT2D eigenvalue weighted by Crippen LogP contribution is -2.41. The second kappa shape index (κ2) is 25.0. The molecule has 0 bridgehead atoms. The van der Waals surface area contributed by atoms with Crippen molar-refractivity contribution in [2.75, 3.05) is 31.0 Å². The highest BCUT2D eigenvalue weighted by atomic mass is 32.2. The Morgan fingerprint density at radius 3 is 1.86 bits per heavy atom. The molecule has 42 heavy (non-hydrogen) atoms. The van der Waals surface area contributed by atoms with E-state index in [0.717, 1.165) is 12.8 Å². The Morgan fingerprint density at radius 1 is 0.762 bits per heavy atom. The molecular formula is C33H55N3O5S. The lowest BCUT2D eigenvalue weighted by Gasteiger charge is -2.16. The molecule has 0 spiro atoms. The number of thioether (sulfide) groups is 1. The van der Waals surface area contributed by atoms with Crippen LogP contribution in [0.15, 0.2) is 24.3 Å². The number of hydrogen-bond acceptors (Lipinski definition) is 6. The maximum atomic E-state index is 12.5. The molecule has 0 aromatic heterocycles. The van der Waals surface area contributed by atoms with Crippen LogP contribution in [0.3, 0.4) is 0 Å². The monoisotopic (exact) mass is 605 g/mol. The van der Waals surface area contributed by atoms with Crippen LogP contribution < -0.4 is 16.0 Å². The van der Waals surface area contributed by atoms with Gasteiger partial charge in [-0.25, -0.2) is 4.79 Å². The molecule has 0 radical (unpaired) electrons. The summed E-state index contributed by atoms with van der Waals surface area (Å²) in [7, 11) is 1.30. The van der Waals surface area contributed by atoms with Gasteiger partial charge in [0.05, 0.1) is 7.11 Å². The lowest BCUT2D eigenvalue weighted by molar-refractivity contribution is -0.142. The predicted octanol–water partition coefficient (Wildman–Crippen LogP) is 7.03. The second-order valence-corrected chi connectivity index (χ2v) is 11.9. The highest BCUT2D eigenvalue weighted by molar-refractivity contribution is 7.98. The number of methoxy groups -OCH3 is 1. The van der Waals surface area contributed by atoms with Crippen molar-refractivity contribution < 1.29 is 23.9 Å². The molecular weight excluding hydrogens is 550 g/mol. The first-order valence-corrected chi connectivity index (χ1v) is 17.3. The molecule has 3 amide bonds. The highest BCUT2D eigenvalue weighted by Gasteiger charge is 2.21. The van der Waals surface area contributed by atoms with Gasteiger partial charge in [-0.1, -0.05) is 84.0 Å². The van der Waals surface area contributed by atoms with Gasteiger partial charge >= 0.3 is 5.97 Å². The van der Waals surface area contributed by atoms with E-state index in [1.54, 1.807) is 36.0 Å². The van der Waals surface area contributed by atoms with Gasteiger partial charge in [-0.2, -0.15) is 11.8 Å². The van der Waals surface area contributed by atoms with Gasteiger partial charge in [0.25, 0.3) is 5.91 Å². The van der Waals surface area contributed by atoms with Crippen LogP contribution in [-0.2, 0) is 19.1 Å². The third kappa shape index (κ3) is 18.8. The normalized spacial score (nSPS) is 11.5. The molecule has 9 heteroatoms. The molecule has 0 aliphatic heterocycles. The zero-order valence-electron chi connectivity index (χ0n) is 26.3. The van der Waals surface area contributed by atoms with Crippen molar-refractivity contribution in [3.63, 3.8) is 0 Å². The van der Waals surface area contributed by atoms with Crippen LogP contribution in [0, 0.1) is 0 Å². The Labute approximate surface area is 258 Å². The Hall–Kier alpha value is -2.55. The van der Waals surface area contributed by atoms with Crippen LogP contribution in [0.25, 0.3) is 0 Å². The molecule has 0 aliphatic rings. The Kier molecular flexibility index (Phi) is 22.3. The van der Waals surface area contributed by atoms with Gasteiger partial charge in [0.15, 0.2) is 0 Å². The number of amides is 3. The first kappa shape index (κ1) is 37.5. The molecule has 1 aromatic rings. The number of unbranched alkanes of at least 4 members (excludes halogenated alkanes) is 12. The topological polar surface area (TPSA) is 114 Å². The summed E-state index contributed by atoms with van der Waals surface area (Å²) < 4.78 is 4.78. The van der Waals surface area contributed by atoms with Crippen molar-refractivity contribution >= 4 is 41.1 Å². The molecule has 0 aliphatic carbocycles. The molecule has 8 nitrogen and oxygen atoms in total. The summed E-state index contributed by atoms with van der Waals surface area (Å²) in [6.07, 6.45) is 20.5. The van der Waals surface area contributed by atoms with Crippen molar-refractivity contribution in [3.8, 4) is 0 Å². The number of rotatable bonds is 25. The Morgan fingerprint density at radius 2 is 1.31 bits per heavy atom. The summed E-state index contributed by atoms with van der Waals surface area (Å²) in [5.74, 6) is -0.235. The van der Waals surface area contributed by atoms with Crippen molar-refractivity contribution in [2.45, 2.75) is 122 Å². The largest absolute Gasteiger partial charge is 0.467 e. The van der Waals surface area contributed by atoms with Crippen LogP contribution in [-0.4, -0.2) is 55.4 Å². The summed E-state index contributed by atoms with van der Waals surface area (Å²) in [4.78, 5) is 48.8. The number of nitrogens with one attached hydrogen (secondary N) is 3. The van der Waals surface area contributed by atoms with Gasteiger partial charge in [-0.05, 0) is 55.5 Å². The van der Waals surface area contributed by atoms with Crippen LogP contribution in [0.1, 0.15) is 126 Å². The number of anilines is 1. The molecule has 238 valence electrons. The smallest absolute Gasteiger partial charge is 0.328 e. The highest BCUT2D eigenvalue weighted by Crippen LogP contribution is 2.14. The zero-order chi connectivity index (χ0) is 30.8. The molecule has 0 fully saturated rings. The molecule has 0 saturated carbocycles. The first-order chi connectivity index (χ1) is 20.4. The van der Waals surface area contributed by atoms with Crippen molar-refractivity contribution in [1.29, 1.82) is 0 Å². The van der Waals surface area contributed by atoms with Gasteiger partial charge in [0.1, 0.15) is 6.04 Å². The van der Waals surface area contributed by atoms with Gasteiger partial charge < -0.3 is 20.7 Å². The second-order valence-electron chi connectivity index (χ2n) is 10.9. The molecule has 3 N–H and O–H groups in total. The minimum Gasteiger partial charge on any atom is -0.467 e. The van der Waals surface area contributed by atoms with E-state index in [2.05, 4.69) is 22.9 Å². The molecule has 1 rings (SSSR count). The van der Waals surface area contributed by atoms with Crippen LogP contribution in [0.5, 0.6) is 0 Å². The minimum atomic E-state index is -0.704. The fraction of sp³-hybridized carbons (Fsp3) is 0.697. The average molecular weight is 606 g/mol. The molecule has 0 unspecified atom stereocenters. The molecule has 1 aromatic carbocycles. The number of ether oxygens (including phenoxy) is 1. The minimum absolute atomic E-state index is 0.0511. The van der Waals surface area contributed by atoms with E-state index in [4.69, 9.17) is 4.74 Å². The number of hydrogen-bond donors (Lipinski definition) is 3. The molecule has 1 atom stereocenters. The van der Waals surface area contributed by atoms with E-state index < -0.39 is 12.0 Å². The Bertz CT molecular complexity index is 894. The number of esters is 1. The maximum Gasteiger partial charge on any atom is 0.328 e. The standard InChI is InChI=1S/C33H55N3O5S/c1-4-5-6-7-8-9-10-11-12-13-14-15-16-18-30(37)34-25-17-19-31(38)35-28-22-20-27(21-23-28)32(39)36-29(24-26-42-3)33(40)41-2/h20-23,29H,4-19,24-26H2,1-3H3,(H,34,37)(H,35,38)(H,36,39)/t29-/m0/s1. The zero-order valence-corrected chi connectivity index (χ0v) is 27.1. The third-order valence-electron chi connectivity index (χ3n) is 7.24. The predicted molar refractivity (Wildman–Crippen MR) is 174 cm³/mol. The van der Waals surface area contributed by atoms with Gasteiger partial charge in [0.2, 0.25) is 11.8 Å². The number of benzene rings is 1. The quantitative estimate of drug-likeness (QED) is 0.0815. The summed E-state index contributed by atoms with van der Waals surface area (Å²) >= 11 is 1.59. The van der Waals surface area contributed by atoms with E-state index in [0.29, 0.717) is 42.8 Å². The fourth-order valence-electron chi connectivity index (χ4n) is 4.67. The van der Waals surface area contributed by atoms with Crippen molar-refractivity contribution in [3.05, 3.63) is 29.8 Å². The van der Waals surface area contributed by atoms with Crippen LogP contribution >= 0.6 is 11.8 Å². The number of carbonyl (C=O) groups is 4. The van der Waals surface area contributed by atoms with Crippen LogP contribution in [0.2, 0.25) is 0 Å². The summed E-state index contributed by atoms with van der Waals surface area (Å²) in [5.41, 5.74) is 0.965. The molecule has 0 saturated heterocycles.